The van der Waals surface area contributed by atoms with Gasteiger partial charge in [-0.3, -0.25) is 0 Å². The second kappa shape index (κ2) is 5.49. The molecule has 5 rings (SSSR count). The van der Waals surface area contributed by atoms with Gasteiger partial charge in [-0.2, -0.15) is 0 Å². The highest BCUT2D eigenvalue weighted by atomic mass is 16.3. The molecule has 0 atom stereocenters. The summed E-state index contributed by atoms with van der Waals surface area (Å²) in [6, 6.07) is 27.8. The van der Waals surface area contributed by atoms with E-state index in [9.17, 15) is 0 Å². The second-order valence-corrected chi connectivity index (χ2v) is 6.66. The van der Waals surface area contributed by atoms with E-state index in [1.807, 2.05) is 0 Å². The van der Waals surface area contributed by atoms with Crippen LogP contribution in [0.25, 0.3) is 32.7 Å². The standard InChI is InChI=1S/C24H18O/c1-16-7-2-3-9-18(16)15-19-10-6-12-21-22-14-13-17-8-4-5-11-20(17)24(22)25-23(19)21/h2-14H,15H2,1H3. The predicted molar refractivity (Wildman–Crippen MR) is 105 cm³/mol. The van der Waals surface area contributed by atoms with Gasteiger partial charge in [-0.25, -0.2) is 0 Å². The van der Waals surface area contributed by atoms with E-state index in [4.69, 9.17) is 4.42 Å². The van der Waals surface area contributed by atoms with Gasteiger partial charge in [-0.15, -0.1) is 0 Å². The molecule has 0 saturated carbocycles. The number of benzene rings is 4. The first-order chi connectivity index (χ1) is 12.3. The smallest absolute Gasteiger partial charge is 0.143 e. The minimum absolute atomic E-state index is 0.891. The first-order valence-corrected chi connectivity index (χ1v) is 8.67. The Morgan fingerprint density at radius 2 is 1.32 bits per heavy atom. The first-order valence-electron chi connectivity index (χ1n) is 8.67. The largest absolute Gasteiger partial charge is 0.455 e. The van der Waals surface area contributed by atoms with E-state index in [0.717, 1.165) is 17.6 Å². The van der Waals surface area contributed by atoms with Gasteiger partial charge in [-0.1, -0.05) is 72.8 Å². The lowest BCUT2D eigenvalue weighted by atomic mass is 9.99. The van der Waals surface area contributed by atoms with Crippen molar-refractivity contribution in [2.45, 2.75) is 13.3 Å². The third kappa shape index (κ3) is 2.24. The molecular formula is C24H18O. The molecule has 0 amide bonds. The summed E-state index contributed by atoms with van der Waals surface area (Å²) in [6.07, 6.45) is 0.891. The first kappa shape index (κ1) is 14.3. The molecule has 1 heterocycles. The van der Waals surface area contributed by atoms with Crippen molar-refractivity contribution in [3.63, 3.8) is 0 Å². The molecule has 1 heteroatoms. The maximum atomic E-state index is 6.41. The number of fused-ring (bicyclic) bond motifs is 5. The summed E-state index contributed by atoms with van der Waals surface area (Å²) in [5.74, 6) is 0. The van der Waals surface area contributed by atoms with Crippen molar-refractivity contribution in [1.29, 1.82) is 0 Å². The predicted octanol–water partition coefficient (Wildman–Crippen LogP) is 6.64. The van der Waals surface area contributed by atoms with Gasteiger partial charge < -0.3 is 4.42 Å². The SMILES string of the molecule is Cc1ccccc1Cc1cccc2c1oc1c3ccccc3ccc21. The molecule has 0 bridgehead atoms. The summed E-state index contributed by atoms with van der Waals surface area (Å²) in [7, 11) is 0. The molecule has 5 aromatic rings. The van der Waals surface area contributed by atoms with Crippen molar-refractivity contribution in [3.05, 3.63) is 95.6 Å². The molecule has 0 unspecified atom stereocenters. The minimum atomic E-state index is 0.891. The lowest BCUT2D eigenvalue weighted by Crippen LogP contribution is -1.91. The fourth-order valence-electron chi connectivity index (χ4n) is 3.74. The van der Waals surface area contributed by atoms with E-state index in [1.54, 1.807) is 0 Å². The Morgan fingerprint density at radius 3 is 2.24 bits per heavy atom. The molecule has 1 nitrogen and oxygen atoms in total. The summed E-state index contributed by atoms with van der Waals surface area (Å²) < 4.78 is 6.41. The molecule has 0 aliphatic heterocycles. The van der Waals surface area contributed by atoms with E-state index in [-0.39, 0.29) is 0 Å². The Balaban J connectivity index is 1.78. The summed E-state index contributed by atoms with van der Waals surface area (Å²) in [6.45, 7) is 2.17. The highest BCUT2D eigenvalue weighted by Gasteiger charge is 2.13. The summed E-state index contributed by atoms with van der Waals surface area (Å²) >= 11 is 0. The highest BCUT2D eigenvalue weighted by molar-refractivity contribution is 6.15. The average molecular weight is 322 g/mol. The number of furan rings is 1. The van der Waals surface area contributed by atoms with E-state index < -0.39 is 0 Å². The number of rotatable bonds is 2. The quantitative estimate of drug-likeness (QED) is 0.355. The summed E-state index contributed by atoms with van der Waals surface area (Å²) in [5, 5.41) is 4.79. The highest BCUT2D eigenvalue weighted by Crippen LogP contribution is 2.36. The Kier molecular flexibility index (Phi) is 3.14. The number of aryl methyl sites for hydroxylation is 1. The van der Waals surface area contributed by atoms with Crippen LogP contribution in [0.4, 0.5) is 0 Å². The van der Waals surface area contributed by atoms with Gasteiger partial charge in [0, 0.05) is 22.6 Å². The molecule has 120 valence electrons. The molecule has 0 aliphatic carbocycles. The van der Waals surface area contributed by atoms with Crippen LogP contribution in [0, 0.1) is 6.92 Å². The lowest BCUT2D eigenvalue weighted by Gasteiger charge is -2.06. The number of hydrogen-bond donors (Lipinski definition) is 0. The molecule has 0 spiro atoms. The Hall–Kier alpha value is -3.06. The van der Waals surface area contributed by atoms with Crippen molar-refractivity contribution >= 4 is 32.7 Å². The van der Waals surface area contributed by atoms with Crippen LogP contribution >= 0.6 is 0 Å². The fourth-order valence-corrected chi connectivity index (χ4v) is 3.74. The number of para-hydroxylation sites is 1. The third-order valence-corrected chi connectivity index (χ3v) is 5.11. The second-order valence-electron chi connectivity index (χ2n) is 6.66. The van der Waals surface area contributed by atoms with E-state index in [1.165, 1.54) is 38.2 Å². The Morgan fingerprint density at radius 1 is 0.600 bits per heavy atom. The maximum absolute atomic E-state index is 6.41. The summed E-state index contributed by atoms with van der Waals surface area (Å²) in [4.78, 5) is 0. The van der Waals surface area contributed by atoms with Gasteiger partial charge in [0.25, 0.3) is 0 Å². The van der Waals surface area contributed by atoms with Gasteiger partial charge in [-0.05, 0) is 35.1 Å². The van der Waals surface area contributed by atoms with Crippen LogP contribution in [0.3, 0.4) is 0 Å². The molecule has 0 aliphatic rings. The molecular weight excluding hydrogens is 304 g/mol. The molecule has 1 aromatic heterocycles. The van der Waals surface area contributed by atoms with Crippen molar-refractivity contribution in [1.82, 2.24) is 0 Å². The van der Waals surface area contributed by atoms with Crippen LogP contribution in [-0.2, 0) is 6.42 Å². The van der Waals surface area contributed by atoms with E-state index >= 15 is 0 Å². The molecule has 25 heavy (non-hydrogen) atoms. The van der Waals surface area contributed by atoms with Crippen molar-refractivity contribution in [2.24, 2.45) is 0 Å². The zero-order chi connectivity index (χ0) is 16.8. The van der Waals surface area contributed by atoms with Crippen LogP contribution in [0.2, 0.25) is 0 Å². The fraction of sp³-hybridized carbons (Fsp3) is 0.0833. The van der Waals surface area contributed by atoms with E-state index in [0.29, 0.717) is 0 Å². The maximum Gasteiger partial charge on any atom is 0.143 e. The van der Waals surface area contributed by atoms with Gasteiger partial charge in [0.05, 0.1) is 0 Å². The zero-order valence-electron chi connectivity index (χ0n) is 14.1. The normalized spacial score (nSPS) is 11.6. The molecule has 0 fully saturated rings. The summed E-state index contributed by atoms with van der Waals surface area (Å²) in [5.41, 5.74) is 5.91. The van der Waals surface area contributed by atoms with Gasteiger partial charge in [0.2, 0.25) is 0 Å². The van der Waals surface area contributed by atoms with Crippen LogP contribution in [0.5, 0.6) is 0 Å². The van der Waals surface area contributed by atoms with Crippen molar-refractivity contribution in [2.75, 3.05) is 0 Å². The van der Waals surface area contributed by atoms with Gasteiger partial charge in [0.1, 0.15) is 11.2 Å². The van der Waals surface area contributed by atoms with Gasteiger partial charge >= 0.3 is 0 Å². The Bertz CT molecular complexity index is 1230. The van der Waals surface area contributed by atoms with Crippen LogP contribution in [0.15, 0.2) is 83.3 Å². The van der Waals surface area contributed by atoms with Crippen LogP contribution in [-0.4, -0.2) is 0 Å². The van der Waals surface area contributed by atoms with E-state index in [2.05, 4.69) is 85.8 Å². The molecule has 0 N–H and O–H groups in total. The average Bonchev–Trinajstić information content (AvgIpc) is 3.04. The molecule has 0 radical (unpaired) electrons. The minimum Gasteiger partial charge on any atom is -0.455 e. The van der Waals surface area contributed by atoms with Crippen LogP contribution in [0.1, 0.15) is 16.7 Å². The number of hydrogen-bond acceptors (Lipinski definition) is 1. The van der Waals surface area contributed by atoms with Gasteiger partial charge in [0.15, 0.2) is 0 Å². The topological polar surface area (TPSA) is 13.1 Å². The zero-order valence-corrected chi connectivity index (χ0v) is 14.1. The molecule has 0 saturated heterocycles. The Labute approximate surface area is 146 Å². The van der Waals surface area contributed by atoms with Crippen molar-refractivity contribution < 1.29 is 4.42 Å². The lowest BCUT2D eigenvalue weighted by molar-refractivity contribution is 0.667. The van der Waals surface area contributed by atoms with Crippen LogP contribution < -0.4 is 0 Å². The molecule has 4 aromatic carbocycles. The monoisotopic (exact) mass is 322 g/mol. The third-order valence-electron chi connectivity index (χ3n) is 5.11. The van der Waals surface area contributed by atoms with Crippen molar-refractivity contribution in [3.8, 4) is 0 Å².